The van der Waals surface area contributed by atoms with E-state index in [1.54, 1.807) is 4.68 Å². The van der Waals surface area contributed by atoms with Crippen molar-refractivity contribution in [3.63, 3.8) is 0 Å². The standard InChI is InChI=1S/C14H15N7O2S/c15-14(24)18-16-9-6-10(11-7-22-13(9)23-11)21-12(17-19-20-21)8-4-2-1-3-5-8/h1-5,10-11,13H,6-7H2,(H3,15,18,24)/b16-9-/t10-,11-,13+/m1/s1. The van der Waals surface area contributed by atoms with Crippen LogP contribution >= 0.6 is 12.2 Å². The van der Waals surface area contributed by atoms with Crippen LogP contribution in [0.2, 0.25) is 0 Å². The van der Waals surface area contributed by atoms with Crippen molar-refractivity contribution in [1.29, 1.82) is 0 Å². The summed E-state index contributed by atoms with van der Waals surface area (Å²) >= 11 is 4.78. The van der Waals surface area contributed by atoms with Crippen molar-refractivity contribution in [3.8, 4) is 11.4 Å². The first-order valence-corrected chi connectivity index (χ1v) is 7.85. The highest BCUT2D eigenvalue weighted by atomic mass is 32.1. The highest BCUT2D eigenvalue weighted by Gasteiger charge is 2.44. The van der Waals surface area contributed by atoms with E-state index in [9.17, 15) is 0 Å². The van der Waals surface area contributed by atoms with Crippen molar-refractivity contribution in [2.45, 2.75) is 24.9 Å². The number of tetrazole rings is 1. The third-order valence-electron chi connectivity index (χ3n) is 3.98. The summed E-state index contributed by atoms with van der Waals surface area (Å²) in [5.74, 6) is 0.677. The molecule has 2 aliphatic heterocycles. The molecule has 2 aromatic rings. The molecule has 124 valence electrons. The van der Waals surface area contributed by atoms with Crippen LogP contribution in [0.3, 0.4) is 0 Å². The molecule has 0 saturated carbocycles. The van der Waals surface area contributed by atoms with Gasteiger partial charge in [-0.2, -0.15) is 5.10 Å². The minimum Gasteiger partial charge on any atom is -0.375 e. The Hall–Kier alpha value is -2.43. The maximum Gasteiger partial charge on any atom is 0.199 e. The number of nitrogens with two attached hydrogens (primary N) is 1. The molecular formula is C14H15N7O2S. The zero-order valence-corrected chi connectivity index (χ0v) is 13.4. The lowest BCUT2D eigenvalue weighted by molar-refractivity contribution is -0.0320. The molecule has 2 aliphatic rings. The number of ether oxygens (including phenoxy) is 2. The van der Waals surface area contributed by atoms with Gasteiger partial charge in [0.15, 0.2) is 17.2 Å². The summed E-state index contributed by atoms with van der Waals surface area (Å²) < 4.78 is 13.3. The topological polar surface area (TPSA) is 112 Å². The lowest BCUT2D eigenvalue weighted by Crippen LogP contribution is -2.39. The number of hydrazone groups is 1. The molecule has 1 aromatic carbocycles. The second-order valence-corrected chi connectivity index (χ2v) is 5.94. The number of thiocarbonyl (C=S) groups is 1. The molecule has 2 fully saturated rings. The van der Waals surface area contributed by atoms with Gasteiger partial charge in [0.1, 0.15) is 6.10 Å². The monoisotopic (exact) mass is 345 g/mol. The van der Waals surface area contributed by atoms with Crippen LogP contribution in [0.1, 0.15) is 12.5 Å². The van der Waals surface area contributed by atoms with E-state index >= 15 is 0 Å². The molecule has 1 aromatic heterocycles. The first-order chi connectivity index (χ1) is 11.7. The lowest BCUT2D eigenvalue weighted by atomic mass is 10.0. The number of rotatable bonds is 3. The van der Waals surface area contributed by atoms with Crippen LogP contribution in [0.5, 0.6) is 0 Å². The number of nitrogens with zero attached hydrogens (tertiary/aromatic N) is 5. The fourth-order valence-electron chi connectivity index (χ4n) is 2.90. The van der Waals surface area contributed by atoms with Crippen molar-refractivity contribution < 1.29 is 9.47 Å². The summed E-state index contributed by atoms with van der Waals surface area (Å²) in [6.07, 6.45) is -0.0370. The van der Waals surface area contributed by atoms with Gasteiger partial charge in [-0.3, -0.25) is 5.43 Å². The van der Waals surface area contributed by atoms with Crippen LogP contribution < -0.4 is 11.2 Å². The minimum atomic E-state index is -0.482. The molecule has 10 heteroatoms. The van der Waals surface area contributed by atoms with Gasteiger partial charge < -0.3 is 15.2 Å². The average Bonchev–Trinajstić information content (AvgIpc) is 3.23. The van der Waals surface area contributed by atoms with Gasteiger partial charge in [-0.15, -0.1) is 5.10 Å². The quantitative estimate of drug-likeness (QED) is 0.600. The maximum atomic E-state index is 5.88. The summed E-state index contributed by atoms with van der Waals surface area (Å²) in [6, 6.07) is 9.63. The Labute approximate surface area is 142 Å². The molecule has 0 spiro atoms. The van der Waals surface area contributed by atoms with Gasteiger partial charge in [0, 0.05) is 12.0 Å². The number of benzene rings is 1. The summed E-state index contributed by atoms with van der Waals surface area (Å²) in [5.41, 5.74) is 9.63. The zero-order chi connectivity index (χ0) is 16.5. The first kappa shape index (κ1) is 15.1. The van der Waals surface area contributed by atoms with Crippen molar-refractivity contribution in [1.82, 2.24) is 25.6 Å². The number of aromatic nitrogens is 4. The molecule has 0 unspecified atom stereocenters. The predicted octanol–water partition coefficient (Wildman–Crippen LogP) is 0.216. The predicted molar refractivity (Wildman–Crippen MR) is 88.9 cm³/mol. The van der Waals surface area contributed by atoms with Crippen LogP contribution in [-0.4, -0.2) is 50.0 Å². The van der Waals surface area contributed by atoms with E-state index in [1.807, 2.05) is 30.3 Å². The molecular weight excluding hydrogens is 330 g/mol. The average molecular weight is 345 g/mol. The van der Waals surface area contributed by atoms with Crippen LogP contribution in [0.4, 0.5) is 0 Å². The molecule has 2 saturated heterocycles. The second kappa shape index (κ2) is 6.23. The Morgan fingerprint density at radius 2 is 2.21 bits per heavy atom. The fourth-order valence-corrected chi connectivity index (χ4v) is 2.95. The molecule has 0 aliphatic carbocycles. The van der Waals surface area contributed by atoms with E-state index in [4.69, 9.17) is 27.4 Å². The summed E-state index contributed by atoms with van der Waals surface area (Å²) in [6.45, 7) is 0.454. The Morgan fingerprint density at radius 3 is 3.00 bits per heavy atom. The molecule has 3 heterocycles. The van der Waals surface area contributed by atoms with Crippen LogP contribution in [0.25, 0.3) is 11.4 Å². The normalized spacial score (nSPS) is 27.3. The molecule has 9 nitrogen and oxygen atoms in total. The van der Waals surface area contributed by atoms with Gasteiger partial charge >= 0.3 is 0 Å². The number of hydrogen-bond acceptors (Lipinski definition) is 7. The second-order valence-electron chi connectivity index (χ2n) is 5.50. The van der Waals surface area contributed by atoms with Gasteiger partial charge in [0.05, 0.1) is 18.4 Å². The summed E-state index contributed by atoms with van der Waals surface area (Å²) in [7, 11) is 0. The summed E-state index contributed by atoms with van der Waals surface area (Å²) in [5, 5.41) is 16.4. The molecule has 3 N–H and O–H groups in total. The zero-order valence-electron chi connectivity index (χ0n) is 12.6. The molecule has 0 radical (unpaired) electrons. The molecule has 24 heavy (non-hydrogen) atoms. The fraction of sp³-hybridized carbons (Fsp3) is 0.357. The number of hydrogen-bond donors (Lipinski definition) is 2. The van der Waals surface area contributed by atoms with E-state index in [1.165, 1.54) is 0 Å². The van der Waals surface area contributed by atoms with E-state index in [0.29, 0.717) is 24.6 Å². The Bertz CT molecular complexity index is 778. The summed E-state index contributed by atoms with van der Waals surface area (Å²) in [4.78, 5) is 0. The molecule has 4 rings (SSSR count). The van der Waals surface area contributed by atoms with E-state index in [-0.39, 0.29) is 17.3 Å². The molecule has 2 bridgehead atoms. The van der Waals surface area contributed by atoms with Crippen molar-refractivity contribution >= 4 is 23.0 Å². The molecule has 3 atom stereocenters. The Morgan fingerprint density at radius 1 is 1.38 bits per heavy atom. The number of fused-ring (bicyclic) bond motifs is 2. The minimum absolute atomic E-state index is 0.0894. The Kier molecular flexibility index (Phi) is 3.92. The van der Waals surface area contributed by atoms with Crippen LogP contribution in [0, 0.1) is 0 Å². The number of nitrogens with one attached hydrogen (secondary N) is 1. The van der Waals surface area contributed by atoms with E-state index < -0.39 is 6.29 Å². The Balaban J connectivity index is 1.66. The van der Waals surface area contributed by atoms with Gasteiger partial charge in [-0.1, -0.05) is 30.3 Å². The smallest absolute Gasteiger partial charge is 0.199 e. The highest BCUT2D eigenvalue weighted by molar-refractivity contribution is 7.80. The first-order valence-electron chi connectivity index (χ1n) is 7.44. The van der Waals surface area contributed by atoms with Gasteiger partial charge in [0.25, 0.3) is 0 Å². The molecule has 0 amide bonds. The van der Waals surface area contributed by atoms with Crippen molar-refractivity contribution in [2.75, 3.05) is 6.61 Å². The van der Waals surface area contributed by atoms with Crippen molar-refractivity contribution in [2.24, 2.45) is 10.8 Å². The highest BCUT2D eigenvalue weighted by Crippen LogP contribution is 2.34. The van der Waals surface area contributed by atoms with Gasteiger partial charge in [0.2, 0.25) is 0 Å². The van der Waals surface area contributed by atoms with Gasteiger partial charge in [-0.25, -0.2) is 4.68 Å². The van der Waals surface area contributed by atoms with E-state index in [2.05, 4.69) is 26.1 Å². The van der Waals surface area contributed by atoms with Crippen molar-refractivity contribution in [3.05, 3.63) is 30.3 Å². The van der Waals surface area contributed by atoms with Crippen LogP contribution in [-0.2, 0) is 9.47 Å². The lowest BCUT2D eigenvalue weighted by Gasteiger charge is -2.28. The van der Waals surface area contributed by atoms with E-state index in [0.717, 1.165) is 5.56 Å². The maximum absolute atomic E-state index is 5.88. The van der Waals surface area contributed by atoms with Crippen LogP contribution in [0.15, 0.2) is 35.4 Å². The van der Waals surface area contributed by atoms with Gasteiger partial charge in [-0.05, 0) is 22.6 Å². The SMILES string of the molecule is NC(=S)N/N=C1/C[C@@H](n2nnnc2-c2ccccc2)[C@H]2CO[C@H]1O2. The third kappa shape index (κ3) is 2.75. The largest absolute Gasteiger partial charge is 0.375 e. The third-order valence-corrected chi connectivity index (χ3v) is 4.07.